The van der Waals surface area contributed by atoms with Gasteiger partial charge in [-0.1, -0.05) is 153 Å². The van der Waals surface area contributed by atoms with Gasteiger partial charge in [-0.25, -0.2) is 4.79 Å². The van der Waals surface area contributed by atoms with E-state index in [0.717, 1.165) is 0 Å². The van der Waals surface area contributed by atoms with Crippen LogP contribution >= 0.6 is 0 Å². The largest absolute Gasteiger partial charge is 0.480 e. The molecule has 3 rings (SSSR count). The highest BCUT2D eigenvalue weighted by Gasteiger charge is 2.37. The number of hydrogen-bond acceptors (Lipinski definition) is 14. The van der Waals surface area contributed by atoms with Crippen LogP contribution in [0.1, 0.15) is 156 Å². The van der Waals surface area contributed by atoms with Crippen molar-refractivity contribution < 1.29 is 53.1 Å². The van der Waals surface area contributed by atoms with Gasteiger partial charge in [0.15, 0.2) is 0 Å². The molecule has 516 valence electrons. The third kappa shape index (κ3) is 30.2. The maximum atomic E-state index is 14.9. The highest BCUT2D eigenvalue weighted by Crippen LogP contribution is 2.16. The second kappa shape index (κ2) is 43.2. The maximum Gasteiger partial charge on any atom is 0.326 e. The molecule has 93 heavy (non-hydrogen) atoms. The number of amides is 9. The summed E-state index contributed by atoms with van der Waals surface area (Å²) in [6.45, 7) is 15.7. The summed E-state index contributed by atoms with van der Waals surface area (Å²) in [6.07, 6.45) is 4.06. The molecule has 0 spiro atoms. The Hall–Kier alpha value is -7.80. The number of hydrogen-bond donors (Lipinski definition) is 14. The highest BCUT2D eigenvalue weighted by molar-refractivity contribution is 5.98. The molecule has 0 bridgehead atoms. The standard InChI is InChI=1S/C69H109N13O11/c1-9-46(8)59(73)68(91)76-52(33-21-24-36-72)62(85)80-56(41-48-27-15-11-16-28-48)66(89)78-54(38-44(4)5)63(86)74-50(31-19-22-34-70)60(83)79-55(40-47-25-13-10-14-26-47)65(88)77-53(37-43(2)3)64(87)75-51(32-20-23-35-71)61(84)81-57(42-49-29-17-12-18-30-49)67(90)82-58(69(92)93)39-45(6)7/h10-18,25-30,43-46,50-59H,9,19-24,31-42,70-73H2,1-8H3,(H,74,86)(H,75,87)(H,76,91)(H,77,88)(H,78,89)(H,79,83)(H,80,85)(H,81,84)(H,82,90)(H,92,93)/t46-,50-,51-,52-,53-,54-,55-,56-,57-,58-,59-/m0/s1. The Morgan fingerprint density at radius 3 is 0.849 bits per heavy atom. The summed E-state index contributed by atoms with van der Waals surface area (Å²) in [5, 5.41) is 35.2. The van der Waals surface area contributed by atoms with Crippen molar-refractivity contribution in [3.8, 4) is 0 Å². The monoisotopic (exact) mass is 1300 g/mol. The number of aliphatic carboxylic acids is 1. The molecule has 0 aliphatic heterocycles. The number of unbranched alkanes of at least 4 members (excludes halogenated alkanes) is 3. The number of nitrogens with two attached hydrogens (primary N) is 4. The average Bonchev–Trinajstić information content (AvgIpc) is 1.07. The quantitative estimate of drug-likeness (QED) is 0.0362. The molecule has 0 saturated heterocycles. The number of rotatable bonds is 45. The van der Waals surface area contributed by atoms with Crippen molar-refractivity contribution in [2.75, 3.05) is 19.6 Å². The summed E-state index contributed by atoms with van der Waals surface area (Å²) in [4.78, 5) is 142. The van der Waals surface area contributed by atoms with Crippen LogP contribution in [0.4, 0.5) is 0 Å². The topological polar surface area (TPSA) is 403 Å². The molecule has 0 fully saturated rings. The SMILES string of the molecule is CC[C@H](C)[C@H](N)C(=O)N[C@@H](CCCCN)C(=O)N[C@@H](Cc1ccccc1)C(=O)N[C@@H](CC(C)C)C(=O)N[C@@H](CCCCN)C(=O)N[C@@H](Cc1ccccc1)C(=O)N[C@@H](CC(C)C)C(=O)N[C@@H](CCCCN)C(=O)N[C@@H](Cc1ccccc1)C(=O)N[C@@H](CC(C)C)C(=O)O. The molecule has 11 atom stereocenters. The van der Waals surface area contributed by atoms with Crippen LogP contribution in [0.15, 0.2) is 91.0 Å². The molecule has 0 unspecified atom stereocenters. The molecule has 18 N–H and O–H groups in total. The van der Waals surface area contributed by atoms with Gasteiger partial charge in [0, 0.05) is 19.3 Å². The molecule has 24 heteroatoms. The molecule has 3 aromatic rings. The Balaban J connectivity index is 2.00. The zero-order chi connectivity index (χ0) is 69.0. The fraction of sp³-hybridized carbons (Fsp3) is 0.594. The number of carbonyl (C=O) groups excluding carboxylic acids is 9. The fourth-order valence-corrected chi connectivity index (χ4v) is 10.5. The van der Waals surface area contributed by atoms with E-state index in [1.165, 1.54) is 0 Å². The predicted octanol–water partition coefficient (Wildman–Crippen LogP) is 3.06. The van der Waals surface area contributed by atoms with Gasteiger partial charge in [0.2, 0.25) is 53.2 Å². The fourth-order valence-electron chi connectivity index (χ4n) is 10.5. The van der Waals surface area contributed by atoms with Gasteiger partial charge in [0.05, 0.1) is 6.04 Å². The van der Waals surface area contributed by atoms with Gasteiger partial charge in [-0.2, -0.15) is 0 Å². The Morgan fingerprint density at radius 1 is 0.344 bits per heavy atom. The molecule has 24 nitrogen and oxygen atoms in total. The number of carbonyl (C=O) groups is 10. The van der Waals surface area contributed by atoms with Gasteiger partial charge in [-0.3, -0.25) is 43.2 Å². The normalized spacial score (nSPS) is 14.9. The van der Waals surface area contributed by atoms with E-state index in [1.807, 2.05) is 61.5 Å². The van der Waals surface area contributed by atoms with Gasteiger partial charge < -0.3 is 75.9 Å². The molecule has 3 aromatic carbocycles. The van der Waals surface area contributed by atoms with Crippen molar-refractivity contribution >= 4 is 59.1 Å². The van der Waals surface area contributed by atoms with Crippen molar-refractivity contribution in [2.24, 2.45) is 46.6 Å². The van der Waals surface area contributed by atoms with Crippen molar-refractivity contribution in [1.82, 2.24) is 47.9 Å². The summed E-state index contributed by atoms with van der Waals surface area (Å²) in [6, 6.07) is 14.6. The van der Waals surface area contributed by atoms with E-state index < -0.39 is 120 Å². The van der Waals surface area contributed by atoms with Crippen LogP contribution in [0.2, 0.25) is 0 Å². The Labute approximate surface area is 550 Å². The average molecular weight is 1300 g/mol. The summed E-state index contributed by atoms with van der Waals surface area (Å²) in [7, 11) is 0. The van der Waals surface area contributed by atoms with Crippen molar-refractivity contribution in [1.29, 1.82) is 0 Å². The summed E-state index contributed by atoms with van der Waals surface area (Å²) >= 11 is 0. The van der Waals surface area contributed by atoms with Gasteiger partial charge in [0.25, 0.3) is 0 Å². The minimum atomic E-state index is -1.34. The van der Waals surface area contributed by atoms with Gasteiger partial charge in [0.1, 0.15) is 54.4 Å². The molecule has 0 aliphatic rings. The van der Waals surface area contributed by atoms with Crippen molar-refractivity contribution in [2.45, 2.75) is 219 Å². The lowest BCUT2D eigenvalue weighted by atomic mass is 9.98. The number of benzene rings is 3. The van der Waals surface area contributed by atoms with Crippen LogP contribution < -0.4 is 70.8 Å². The first-order valence-electron chi connectivity index (χ1n) is 33.2. The minimum absolute atomic E-state index is 0.00371. The predicted molar refractivity (Wildman–Crippen MR) is 360 cm³/mol. The third-order valence-corrected chi connectivity index (χ3v) is 16.0. The third-order valence-electron chi connectivity index (χ3n) is 16.0. The lowest BCUT2D eigenvalue weighted by Gasteiger charge is -2.29. The van der Waals surface area contributed by atoms with E-state index in [4.69, 9.17) is 22.9 Å². The Bertz CT molecular complexity index is 2780. The lowest BCUT2D eigenvalue weighted by molar-refractivity contribution is -0.142. The lowest BCUT2D eigenvalue weighted by Crippen LogP contribution is -2.61. The van der Waals surface area contributed by atoms with Gasteiger partial charge in [-0.05, 0) is 137 Å². The molecule has 9 amide bonds. The molecule has 0 saturated carbocycles. The second-order valence-electron chi connectivity index (χ2n) is 25.6. The molecule has 0 radical (unpaired) electrons. The Morgan fingerprint density at radius 2 is 0.581 bits per heavy atom. The van der Waals surface area contributed by atoms with Crippen molar-refractivity contribution in [3.05, 3.63) is 108 Å². The second-order valence-corrected chi connectivity index (χ2v) is 25.6. The number of carboxylic acid groups (broad SMARTS) is 1. The van der Waals surface area contributed by atoms with E-state index in [2.05, 4.69) is 47.9 Å². The van der Waals surface area contributed by atoms with E-state index in [0.29, 0.717) is 68.2 Å². The van der Waals surface area contributed by atoms with Crippen LogP contribution in [0, 0.1) is 23.7 Å². The summed E-state index contributed by atoms with van der Waals surface area (Å²) < 4.78 is 0. The number of carboxylic acids is 1. The van der Waals surface area contributed by atoms with Gasteiger partial charge >= 0.3 is 5.97 Å². The summed E-state index contributed by atoms with van der Waals surface area (Å²) in [5.41, 5.74) is 25.9. The van der Waals surface area contributed by atoms with Crippen LogP contribution in [-0.4, -0.2) is 144 Å². The Kier molecular flexibility index (Phi) is 36.9. The van der Waals surface area contributed by atoms with Gasteiger partial charge in [-0.15, -0.1) is 0 Å². The molecular formula is C69H109N13O11. The zero-order valence-electron chi connectivity index (χ0n) is 56.0. The van der Waals surface area contributed by atoms with Crippen LogP contribution in [0.5, 0.6) is 0 Å². The molecule has 0 aliphatic carbocycles. The van der Waals surface area contributed by atoms with Crippen LogP contribution in [0.25, 0.3) is 0 Å². The summed E-state index contributed by atoms with van der Waals surface area (Å²) in [5.74, 6) is -8.11. The van der Waals surface area contributed by atoms with E-state index >= 15 is 0 Å². The first-order valence-corrected chi connectivity index (χ1v) is 33.2. The van der Waals surface area contributed by atoms with Crippen LogP contribution in [-0.2, 0) is 67.2 Å². The minimum Gasteiger partial charge on any atom is -0.480 e. The number of nitrogens with one attached hydrogen (secondary N) is 9. The first-order chi connectivity index (χ1) is 44.3. The molecular weight excluding hydrogens is 1190 g/mol. The maximum absolute atomic E-state index is 14.9. The first kappa shape index (κ1) is 79.4. The van der Waals surface area contributed by atoms with E-state index in [-0.39, 0.29) is 94.5 Å². The van der Waals surface area contributed by atoms with E-state index in [9.17, 15) is 53.1 Å². The highest BCUT2D eigenvalue weighted by atomic mass is 16.4. The zero-order valence-corrected chi connectivity index (χ0v) is 56.0. The van der Waals surface area contributed by atoms with Crippen molar-refractivity contribution in [3.63, 3.8) is 0 Å². The van der Waals surface area contributed by atoms with Crippen LogP contribution in [0.3, 0.4) is 0 Å². The van der Waals surface area contributed by atoms with E-state index in [1.54, 1.807) is 84.9 Å². The molecule has 0 aromatic heterocycles. The molecule has 0 heterocycles. The smallest absolute Gasteiger partial charge is 0.326 e.